The Morgan fingerprint density at radius 3 is 2.63 bits per heavy atom. The number of fused-ring (bicyclic) bond motifs is 1. The Kier molecular flexibility index (Phi) is 4.80. The van der Waals surface area contributed by atoms with E-state index < -0.39 is 0 Å². The third kappa shape index (κ3) is 3.47. The van der Waals surface area contributed by atoms with Gasteiger partial charge in [-0.2, -0.15) is 0 Å². The van der Waals surface area contributed by atoms with Crippen LogP contribution in [0.2, 0.25) is 0 Å². The van der Waals surface area contributed by atoms with E-state index in [2.05, 4.69) is 44.8 Å². The number of halogens is 1. The van der Waals surface area contributed by atoms with E-state index in [0.717, 1.165) is 23.1 Å². The van der Waals surface area contributed by atoms with Gasteiger partial charge in [0.1, 0.15) is 0 Å². The first-order chi connectivity index (χ1) is 9.22. The lowest BCUT2D eigenvalue weighted by molar-refractivity contribution is -0.120. The molecule has 3 nitrogen and oxygen atoms in total. The van der Waals surface area contributed by atoms with Crippen LogP contribution in [-0.2, 0) is 4.79 Å². The van der Waals surface area contributed by atoms with Gasteiger partial charge in [-0.25, -0.2) is 0 Å². The average molecular weight is 321 g/mol. The van der Waals surface area contributed by atoms with E-state index in [9.17, 15) is 4.79 Å². The van der Waals surface area contributed by atoms with E-state index >= 15 is 0 Å². The van der Waals surface area contributed by atoms with Gasteiger partial charge in [0.15, 0.2) is 0 Å². The molecular formula is C15H17BrN2O. The molecule has 19 heavy (non-hydrogen) atoms. The van der Waals surface area contributed by atoms with Gasteiger partial charge in [-0.15, -0.1) is 0 Å². The Morgan fingerprint density at radius 2 is 1.89 bits per heavy atom. The first-order valence-corrected chi connectivity index (χ1v) is 7.13. The lowest BCUT2D eigenvalue weighted by Crippen LogP contribution is -2.18. The quantitative estimate of drug-likeness (QED) is 0.827. The minimum atomic E-state index is 0.0856. The molecule has 0 spiro atoms. The maximum atomic E-state index is 11.1. The highest BCUT2D eigenvalue weighted by molar-refractivity contribution is 9.10. The topological polar surface area (TPSA) is 41.1 Å². The molecule has 0 aromatic heterocycles. The molecule has 2 aromatic rings. The highest BCUT2D eigenvalue weighted by atomic mass is 79.9. The van der Waals surface area contributed by atoms with Gasteiger partial charge in [0.25, 0.3) is 0 Å². The zero-order valence-corrected chi connectivity index (χ0v) is 12.5. The maximum absolute atomic E-state index is 11.1. The third-order valence-electron chi connectivity index (χ3n) is 3.05. The largest absolute Gasteiger partial charge is 0.385 e. The molecule has 100 valence electrons. The summed E-state index contributed by atoms with van der Waals surface area (Å²) >= 11 is 3.56. The predicted molar refractivity (Wildman–Crippen MR) is 83.4 cm³/mol. The number of hydrogen-bond donors (Lipinski definition) is 2. The fraction of sp³-hybridized carbons (Fsp3) is 0.267. The van der Waals surface area contributed by atoms with E-state index in [0.29, 0.717) is 6.42 Å². The number of carbonyl (C=O) groups excluding carboxylic acids is 1. The van der Waals surface area contributed by atoms with Crippen LogP contribution < -0.4 is 10.6 Å². The van der Waals surface area contributed by atoms with Crippen molar-refractivity contribution in [2.24, 2.45) is 0 Å². The zero-order chi connectivity index (χ0) is 13.7. The Hall–Kier alpha value is -1.55. The Balaban J connectivity index is 2.05. The van der Waals surface area contributed by atoms with Crippen molar-refractivity contribution in [3.63, 3.8) is 0 Å². The van der Waals surface area contributed by atoms with Gasteiger partial charge < -0.3 is 10.6 Å². The van der Waals surface area contributed by atoms with Crippen molar-refractivity contribution >= 4 is 38.3 Å². The van der Waals surface area contributed by atoms with Crippen molar-refractivity contribution in [1.29, 1.82) is 0 Å². The smallest absolute Gasteiger partial charge is 0.219 e. The number of amides is 1. The molecule has 1 amide bonds. The molecule has 0 fully saturated rings. The molecule has 0 aliphatic rings. The first-order valence-electron chi connectivity index (χ1n) is 6.34. The molecule has 2 aromatic carbocycles. The van der Waals surface area contributed by atoms with E-state index in [1.165, 1.54) is 10.8 Å². The van der Waals surface area contributed by atoms with Gasteiger partial charge in [-0.3, -0.25) is 4.79 Å². The summed E-state index contributed by atoms with van der Waals surface area (Å²) in [4.78, 5) is 11.1. The van der Waals surface area contributed by atoms with Crippen molar-refractivity contribution in [1.82, 2.24) is 5.32 Å². The van der Waals surface area contributed by atoms with Crippen LogP contribution in [0.4, 0.5) is 5.69 Å². The van der Waals surface area contributed by atoms with Crippen LogP contribution in [0.3, 0.4) is 0 Å². The van der Waals surface area contributed by atoms with Gasteiger partial charge in [0, 0.05) is 35.6 Å². The standard InChI is InChI=1S/C15H17BrN2O/c1-17-15(19)7-4-10-18-14-9-8-13(16)11-5-2-3-6-12(11)14/h2-3,5-6,8-9,18H,4,7,10H2,1H3,(H,17,19). The summed E-state index contributed by atoms with van der Waals surface area (Å²) in [5.41, 5.74) is 1.11. The van der Waals surface area contributed by atoms with Crippen molar-refractivity contribution in [2.75, 3.05) is 18.9 Å². The van der Waals surface area contributed by atoms with Crippen LogP contribution in [0.15, 0.2) is 40.9 Å². The normalized spacial score (nSPS) is 10.4. The Labute approximate surface area is 121 Å². The fourth-order valence-electron chi connectivity index (χ4n) is 2.01. The number of nitrogens with one attached hydrogen (secondary N) is 2. The van der Waals surface area contributed by atoms with Crippen LogP contribution in [0.5, 0.6) is 0 Å². The second kappa shape index (κ2) is 6.57. The molecule has 0 heterocycles. The van der Waals surface area contributed by atoms with Crippen molar-refractivity contribution in [2.45, 2.75) is 12.8 Å². The molecule has 0 saturated heterocycles. The lowest BCUT2D eigenvalue weighted by Gasteiger charge is -2.10. The molecule has 0 aliphatic heterocycles. The Morgan fingerprint density at radius 1 is 1.16 bits per heavy atom. The Bertz CT molecular complexity index is 583. The van der Waals surface area contributed by atoms with Gasteiger partial charge in [0.05, 0.1) is 0 Å². The second-order valence-electron chi connectivity index (χ2n) is 4.34. The highest BCUT2D eigenvalue weighted by Crippen LogP contribution is 2.29. The van der Waals surface area contributed by atoms with Gasteiger partial charge >= 0.3 is 0 Å². The number of anilines is 1. The fourth-order valence-corrected chi connectivity index (χ4v) is 2.49. The second-order valence-corrected chi connectivity index (χ2v) is 5.20. The SMILES string of the molecule is CNC(=O)CCCNc1ccc(Br)c2ccccc12. The van der Waals surface area contributed by atoms with Gasteiger partial charge in [0.2, 0.25) is 5.91 Å². The summed E-state index contributed by atoms with van der Waals surface area (Å²) in [5, 5.41) is 8.41. The molecule has 2 rings (SSSR count). The lowest BCUT2D eigenvalue weighted by atomic mass is 10.1. The minimum absolute atomic E-state index is 0.0856. The summed E-state index contributed by atoms with van der Waals surface area (Å²) in [6.45, 7) is 0.791. The highest BCUT2D eigenvalue weighted by Gasteiger charge is 2.03. The minimum Gasteiger partial charge on any atom is -0.385 e. The van der Waals surface area contributed by atoms with Crippen LogP contribution in [0, 0.1) is 0 Å². The molecule has 0 radical (unpaired) electrons. The number of carbonyl (C=O) groups is 1. The van der Waals surface area contributed by atoms with Crippen LogP contribution in [0.25, 0.3) is 10.8 Å². The average Bonchev–Trinajstić information content (AvgIpc) is 2.45. The number of hydrogen-bond acceptors (Lipinski definition) is 2. The van der Waals surface area contributed by atoms with Crippen molar-refractivity contribution in [3.05, 3.63) is 40.9 Å². The molecule has 2 N–H and O–H groups in total. The summed E-state index contributed by atoms with van der Waals surface area (Å²) in [5.74, 6) is 0.0856. The predicted octanol–water partition coefficient (Wildman–Crippen LogP) is 3.54. The van der Waals surface area contributed by atoms with Gasteiger partial charge in [-0.1, -0.05) is 40.2 Å². The summed E-state index contributed by atoms with van der Waals surface area (Å²) in [6, 6.07) is 12.4. The van der Waals surface area contributed by atoms with Crippen LogP contribution in [0.1, 0.15) is 12.8 Å². The zero-order valence-electron chi connectivity index (χ0n) is 10.9. The molecule has 0 unspecified atom stereocenters. The van der Waals surface area contributed by atoms with E-state index in [1.807, 2.05) is 18.2 Å². The molecule has 4 heteroatoms. The van der Waals surface area contributed by atoms with Crippen LogP contribution in [-0.4, -0.2) is 19.5 Å². The molecular weight excluding hydrogens is 304 g/mol. The third-order valence-corrected chi connectivity index (χ3v) is 3.74. The number of rotatable bonds is 5. The molecule has 0 bridgehead atoms. The summed E-state index contributed by atoms with van der Waals surface area (Å²) < 4.78 is 1.10. The molecule has 0 saturated carbocycles. The number of benzene rings is 2. The monoisotopic (exact) mass is 320 g/mol. The molecule has 0 atom stereocenters. The van der Waals surface area contributed by atoms with E-state index in [-0.39, 0.29) is 5.91 Å². The summed E-state index contributed by atoms with van der Waals surface area (Å²) in [7, 11) is 1.66. The van der Waals surface area contributed by atoms with Crippen molar-refractivity contribution in [3.8, 4) is 0 Å². The van der Waals surface area contributed by atoms with Gasteiger partial charge in [-0.05, 0) is 23.9 Å². The maximum Gasteiger partial charge on any atom is 0.219 e. The first kappa shape index (κ1) is 13.9. The van der Waals surface area contributed by atoms with E-state index in [1.54, 1.807) is 7.05 Å². The summed E-state index contributed by atoms with van der Waals surface area (Å²) in [6.07, 6.45) is 1.38. The van der Waals surface area contributed by atoms with E-state index in [4.69, 9.17) is 0 Å². The van der Waals surface area contributed by atoms with Crippen molar-refractivity contribution < 1.29 is 4.79 Å². The van der Waals surface area contributed by atoms with Crippen LogP contribution >= 0.6 is 15.9 Å². The molecule has 0 aliphatic carbocycles.